The lowest BCUT2D eigenvalue weighted by Crippen LogP contribution is -2.16. The molecule has 4 aromatic rings. The van der Waals surface area contributed by atoms with Crippen LogP contribution in [0, 0.1) is 6.92 Å². The summed E-state index contributed by atoms with van der Waals surface area (Å²) in [4.78, 5) is 20.5. The van der Waals surface area contributed by atoms with Crippen molar-refractivity contribution < 1.29 is 18.0 Å². The molecule has 0 saturated heterocycles. The zero-order valence-electron chi connectivity index (χ0n) is 15.7. The maximum atomic E-state index is 13.3. The van der Waals surface area contributed by atoms with Crippen LogP contribution in [0.1, 0.15) is 27.4 Å². The van der Waals surface area contributed by atoms with Crippen LogP contribution in [0.25, 0.3) is 5.65 Å². The fourth-order valence-corrected chi connectivity index (χ4v) is 3.29. The summed E-state index contributed by atoms with van der Waals surface area (Å²) in [6, 6.07) is 7.96. The maximum absolute atomic E-state index is 13.3. The number of aryl methyl sites for hydroxylation is 1. The number of halogens is 5. The van der Waals surface area contributed by atoms with Gasteiger partial charge in [0.05, 0.1) is 6.54 Å². The Labute approximate surface area is 182 Å². The number of benzene rings is 1. The average Bonchev–Trinajstić information content (AvgIpc) is 3.27. The van der Waals surface area contributed by atoms with Crippen LogP contribution in [0.4, 0.5) is 19.1 Å². The van der Waals surface area contributed by atoms with E-state index in [1.165, 1.54) is 17.9 Å². The smallest absolute Gasteiger partial charge is 0.288 e. The van der Waals surface area contributed by atoms with E-state index in [0.29, 0.717) is 16.1 Å². The van der Waals surface area contributed by atoms with Crippen molar-refractivity contribution in [2.75, 3.05) is 5.32 Å². The minimum absolute atomic E-state index is 0.0774. The second-order valence-corrected chi connectivity index (χ2v) is 7.27. The van der Waals surface area contributed by atoms with E-state index in [9.17, 15) is 18.0 Å². The Morgan fingerprint density at radius 3 is 2.65 bits per heavy atom. The third-order valence-electron chi connectivity index (χ3n) is 4.22. The minimum Gasteiger partial charge on any atom is -0.288 e. The van der Waals surface area contributed by atoms with Gasteiger partial charge < -0.3 is 0 Å². The standard InChI is InChI=1S/C18H12Cl2F3N7O/c1-9-6-12(18(21,22)23)30-15(25-9)13(20)14(27-30)16(31)26-17-24-8-29(28-17)7-10-4-2-3-5-11(10)19/h2-6,8H,7H2,1H3,(H,26,28,31). The van der Waals surface area contributed by atoms with Gasteiger partial charge in [0.15, 0.2) is 11.3 Å². The fourth-order valence-electron chi connectivity index (χ4n) is 2.85. The first-order valence-corrected chi connectivity index (χ1v) is 9.46. The Bertz CT molecular complexity index is 1300. The third-order valence-corrected chi connectivity index (χ3v) is 4.94. The lowest BCUT2D eigenvalue weighted by Gasteiger charge is -2.09. The topological polar surface area (TPSA) is 90.0 Å². The summed E-state index contributed by atoms with van der Waals surface area (Å²) in [7, 11) is 0. The molecule has 13 heteroatoms. The van der Waals surface area contributed by atoms with Gasteiger partial charge in [-0.3, -0.25) is 10.1 Å². The highest BCUT2D eigenvalue weighted by Gasteiger charge is 2.36. The number of aromatic nitrogens is 6. The van der Waals surface area contributed by atoms with Crippen LogP contribution >= 0.6 is 23.2 Å². The zero-order valence-corrected chi connectivity index (χ0v) is 17.2. The molecular weight excluding hydrogens is 458 g/mol. The molecule has 1 amide bonds. The van der Waals surface area contributed by atoms with Crippen molar-refractivity contribution >= 4 is 40.7 Å². The molecule has 0 aliphatic carbocycles. The second kappa shape index (κ2) is 7.82. The summed E-state index contributed by atoms with van der Waals surface area (Å²) < 4.78 is 41.9. The molecule has 0 radical (unpaired) electrons. The number of amides is 1. The number of hydrogen-bond acceptors (Lipinski definition) is 5. The van der Waals surface area contributed by atoms with Gasteiger partial charge in [-0.25, -0.2) is 19.2 Å². The summed E-state index contributed by atoms with van der Waals surface area (Å²) in [6.07, 6.45) is -3.34. The first kappa shape index (κ1) is 21.1. The summed E-state index contributed by atoms with van der Waals surface area (Å²) in [5.74, 6) is -0.956. The van der Waals surface area contributed by atoms with Crippen LogP contribution in [0.15, 0.2) is 36.7 Å². The van der Waals surface area contributed by atoms with E-state index in [1.807, 2.05) is 12.1 Å². The van der Waals surface area contributed by atoms with Crippen molar-refractivity contribution in [3.63, 3.8) is 0 Å². The van der Waals surface area contributed by atoms with E-state index in [-0.39, 0.29) is 22.3 Å². The van der Waals surface area contributed by atoms with Gasteiger partial charge in [0.2, 0.25) is 5.95 Å². The average molecular weight is 470 g/mol. The van der Waals surface area contributed by atoms with Gasteiger partial charge >= 0.3 is 6.18 Å². The molecule has 0 saturated carbocycles. The van der Waals surface area contributed by atoms with Gasteiger partial charge in [0.25, 0.3) is 5.91 Å². The first-order valence-electron chi connectivity index (χ1n) is 8.71. The van der Waals surface area contributed by atoms with E-state index >= 15 is 0 Å². The Hall–Kier alpha value is -3.18. The van der Waals surface area contributed by atoms with Gasteiger partial charge in [-0.15, -0.1) is 5.10 Å². The predicted octanol–water partition coefficient (Wildman–Crippen LogP) is 4.26. The van der Waals surface area contributed by atoms with Crippen LogP contribution < -0.4 is 5.32 Å². The third kappa shape index (κ3) is 4.19. The Morgan fingerprint density at radius 1 is 1.19 bits per heavy atom. The maximum Gasteiger partial charge on any atom is 0.433 e. The summed E-state index contributed by atoms with van der Waals surface area (Å²) in [6.45, 7) is 1.68. The molecule has 0 aliphatic rings. The fraction of sp³-hybridized carbons (Fsp3) is 0.167. The Balaban J connectivity index is 1.60. The van der Waals surface area contributed by atoms with Gasteiger partial charge in [-0.05, 0) is 24.6 Å². The number of carbonyl (C=O) groups excluding carboxylic acids is 1. The van der Waals surface area contributed by atoms with Gasteiger partial charge in [-0.2, -0.15) is 18.3 Å². The molecule has 3 heterocycles. The molecular formula is C18H12Cl2F3N7O. The Morgan fingerprint density at radius 2 is 1.94 bits per heavy atom. The second-order valence-electron chi connectivity index (χ2n) is 6.49. The van der Waals surface area contributed by atoms with E-state index in [0.717, 1.165) is 11.6 Å². The number of hydrogen-bond donors (Lipinski definition) is 1. The normalized spacial score (nSPS) is 11.8. The molecule has 0 atom stereocenters. The quantitative estimate of drug-likeness (QED) is 0.482. The van der Waals surface area contributed by atoms with E-state index < -0.39 is 23.5 Å². The molecule has 0 aliphatic heterocycles. The SMILES string of the molecule is Cc1cc(C(F)(F)F)n2nc(C(=O)Nc3ncn(Cc4ccccc4Cl)n3)c(Cl)c2n1. The number of anilines is 1. The van der Waals surface area contributed by atoms with Crippen LogP contribution in [0.3, 0.4) is 0 Å². The highest BCUT2D eigenvalue weighted by Crippen LogP contribution is 2.32. The van der Waals surface area contributed by atoms with Crippen LogP contribution in [0.2, 0.25) is 10.0 Å². The van der Waals surface area contributed by atoms with Crippen molar-refractivity contribution in [3.05, 3.63) is 69.3 Å². The van der Waals surface area contributed by atoms with Crippen molar-refractivity contribution in [2.45, 2.75) is 19.6 Å². The van der Waals surface area contributed by atoms with E-state index in [1.54, 1.807) is 12.1 Å². The molecule has 3 aromatic heterocycles. The highest BCUT2D eigenvalue weighted by atomic mass is 35.5. The van der Waals surface area contributed by atoms with Gasteiger partial charge in [0.1, 0.15) is 17.0 Å². The largest absolute Gasteiger partial charge is 0.433 e. The van der Waals surface area contributed by atoms with Crippen molar-refractivity contribution in [3.8, 4) is 0 Å². The lowest BCUT2D eigenvalue weighted by atomic mass is 10.2. The molecule has 0 bridgehead atoms. The molecule has 1 aromatic carbocycles. The van der Waals surface area contributed by atoms with Crippen molar-refractivity contribution in [2.24, 2.45) is 0 Å². The Kier molecular flexibility index (Phi) is 5.31. The molecule has 1 N–H and O–H groups in total. The lowest BCUT2D eigenvalue weighted by molar-refractivity contribution is -0.142. The van der Waals surface area contributed by atoms with Crippen LogP contribution in [-0.2, 0) is 12.7 Å². The molecule has 0 unspecified atom stereocenters. The number of nitrogens with zero attached hydrogens (tertiary/aromatic N) is 6. The highest BCUT2D eigenvalue weighted by molar-refractivity contribution is 6.37. The molecule has 31 heavy (non-hydrogen) atoms. The number of rotatable bonds is 4. The summed E-state index contributed by atoms with van der Waals surface area (Å²) >= 11 is 12.2. The van der Waals surface area contributed by atoms with Gasteiger partial charge in [-0.1, -0.05) is 41.4 Å². The summed E-state index contributed by atoms with van der Waals surface area (Å²) in [5.41, 5.74) is -0.952. The number of carbonyl (C=O) groups is 1. The van der Waals surface area contributed by atoms with Crippen molar-refractivity contribution in [1.29, 1.82) is 0 Å². The molecule has 0 spiro atoms. The summed E-state index contributed by atoms with van der Waals surface area (Å²) in [5, 5.41) is 10.4. The number of alkyl halides is 3. The van der Waals surface area contributed by atoms with E-state index in [2.05, 4.69) is 25.5 Å². The van der Waals surface area contributed by atoms with E-state index in [4.69, 9.17) is 23.2 Å². The monoisotopic (exact) mass is 469 g/mol. The number of fused-ring (bicyclic) bond motifs is 1. The van der Waals surface area contributed by atoms with Gasteiger partial charge in [0, 0.05) is 10.7 Å². The van der Waals surface area contributed by atoms with Crippen LogP contribution in [-0.4, -0.2) is 35.3 Å². The molecule has 0 fully saturated rings. The van der Waals surface area contributed by atoms with Crippen molar-refractivity contribution in [1.82, 2.24) is 29.4 Å². The molecule has 4 rings (SSSR count). The predicted molar refractivity (Wildman–Crippen MR) is 106 cm³/mol. The first-order chi connectivity index (χ1) is 14.6. The minimum atomic E-state index is -4.71. The number of nitrogens with one attached hydrogen (secondary N) is 1. The molecule has 8 nitrogen and oxygen atoms in total. The molecule has 160 valence electrons. The van der Waals surface area contributed by atoms with Crippen LogP contribution in [0.5, 0.6) is 0 Å². The zero-order chi connectivity index (χ0) is 22.3.